The summed E-state index contributed by atoms with van der Waals surface area (Å²) in [4.78, 5) is 2.86. The highest BCUT2D eigenvalue weighted by Crippen LogP contribution is 2.42. The highest BCUT2D eigenvalue weighted by Gasteiger charge is 2.51. The van der Waals surface area contributed by atoms with Crippen molar-refractivity contribution in [1.29, 1.82) is 0 Å². The fourth-order valence-corrected chi connectivity index (χ4v) is 9.73. The highest BCUT2D eigenvalue weighted by molar-refractivity contribution is 8.31. The first-order valence-corrected chi connectivity index (χ1v) is 13.9. The van der Waals surface area contributed by atoms with Gasteiger partial charge in [0.15, 0.2) is 0 Å². The molecule has 168 valence electrons. The molecule has 0 heterocycles. The molecule has 0 spiro atoms. The standard InChI is InChI=1S/C21H38N2O4S2/c1-20(2,3)15-7-11-17(12-8-15)28(24,25)19(23-22)29(26,27)18-13-9-16(10-14-18)21(4,5)6/h15-18H,7-14H2,1-6H3. The SMILES string of the molecule is CC(C)(C)C1CCC(S(=O)(=O)C(=[N+]=[N-])S(=O)(=O)C2CCC(C(C)(C)C)CC2)CC1. The smallest absolute Gasteiger partial charge is 0.359 e. The minimum absolute atomic E-state index is 0.0976. The lowest BCUT2D eigenvalue weighted by Gasteiger charge is -2.37. The summed E-state index contributed by atoms with van der Waals surface area (Å²) in [6, 6.07) is 0. The average molecular weight is 447 g/mol. The van der Waals surface area contributed by atoms with Crippen molar-refractivity contribution in [3.8, 4) is 0 Å². The van der Waals surface area contributed by atoms with Crippen LogP contribution in [0.4, 0.5) is 0 Å². The molecule has 0 N–H and O–H groups in total. The summed E-state index contributed by atoms with van der Waals surface area (Å²) in [5.74, 6) is 0.820. The van der Waals surface area contributed by atoms with E-state index in [0.29, 0.717) is 37.5 Å². The molecular formula is C21H38N2O4S2. The molecule has 0 atom stereocenters. The lowest BCUT2D eigenvalue weighted by Crippen LogP contribution is -2.43. The lowest BCUT2D eigenvalue weighted by molar-refractivity contribution is 0.00353. The average Bonchev–Trinajstić information content (AvgIpc) is 2.60. The topological polar surface area (TPSA) is 105 Å². The molecule has 0 radical (unpaired) electrons. The van der Waals surface area contributed by atoms with Crippen molar-refractivity contribution >= 4 is 24.1 Å². The molecule has 6 nitrogen and oxygen atoms in total. The third kappa shape index (κ3) is 5.31. The van der Waals surface area contributed by atoms with Crippen LogP contribution in [0.1, 0.15) is 92.9 Å². The molecule has 0 aliphatic heterocycles. The molecule has 2 saturated carbocycles. The first-order chi connectivity index (χ1) is 13.1. The zero-order valence-corrected chi connectivity index (χ0v) is 20.4. The Morgan fingerprint density at radius 2 is 0.931 bits per heavy atom. The van der Waals surface area contributed by atoms with Crippen LogP contribution >= 0.6 is 0 Å². The van der Waals surface area contributed by atoms with Crippen molar-refractivity contribution in [1.82, 2.24) is 0 Å². The summed E-state index contributed by atoms with van der Waals surface area (Å²) in [5, 5.41) is -1.57. The van der Waals surface area contributed by atoms with E-state index in [1.165, 1.54) is 0 Å². The first kappa shape index (κ1) is 24.5. The van der Waals surface area contributed by atoms with Crippen molar-refractivity contribution in [2.45, 2.75) is 103 Å². The molecule has 29 heavy (non-hydrogen) atoms. The van der Waals surface area contributed by atoms with Crippen molar-refractivity contribution in [2.24, 2.45) is 22.7 Å². The normalized spacial score (nSPS) is 29.9. The Bertz CT molecular complexity index is 775. The fraction of sp³-hybridized carbons (Fsp3) is 0.952. The van der Waals surface area contributed by atoms with E-state index in [0.717, 1.165) is 25.7 Å². The highest BCUT2D eigenvalue weighted by atomic mass is 32.3. The summed E-state index contributed by atoms with van der Waals surface area (Å²) < 4.78 is 51.5. The van der Waals surface area contributed by atoms with Gasteiger partial charge in [0.05, 0.1) is 10.5 Å². The van der Waals surface area contributed by atoms with Crippen molar-refractivity contribution in [3.63, 3.8) is 0 Å². The molecule has 0 aromatic heterocycles. The summed E-state index contributed by atoms with van der Waals surface area (Å²) in [6.45, 7) is 12.9. The van der Waals surface area contributed by atoms with Gasteiger partial charge in [-0.1, -0.05) is 41.5 Å². The van der Waals surface area contributed by atoms with Gasteiger partial charge < -0.3 is 5.53 Å². The number of hydrogen-bond acceptors (Lipinski definition) is 4. The minimum Gasteiger partial charge on any atom is -0.359 e. The zero-order valence-electron chi connectivity index (χ0n) is 18.8. The second kappa shape index (κ2) is 8.43. The van der Waals surface area contributed by atoms with Crippen LogP contribution in [0.15, 0.2) is 0 Å². The van der Waals surface area contributed by atoms with E-state index >= 15 is 0 Å². The van der Waals surface area contributed by atoms with Crippen LogP contribution in [0.5, 0.6) is 0 Å². The van der Waals surface area contributed by atoms with E-state index in [9.17, 15) is 22.4 Å². The molecule has 0 saturated heterocycles. The molecule has 2 aliphatic rings. The van der Waals surface area contributed by atoms with Gasteiger partial charge >= 0.3 is 4.38 Å². The molecule has 2 fully saturated rings. The Morgan fingerprint density at radius 1 is 0.655 bits per heavy atom. The van der Waals surface area contributed by atoms with E-state index < -0.39 is 34.6 Å². The van der Waals surface area contributed by atoms with Crippen LogP contribution in [-0.4, -0.2) is 36.5 Å². The largest absolute Gasteiger partial charge is 0.495 e. The van der Waals surface area contributed by atoms with Gasteiger partial charge in [-0.15, -0.1) is 4.79 Å². The summed E-state index contributed by atoms with van der Waals surface area (Å²) in [7, 11) is -8.36. The zero-order chi connectivity index (χ0) is 22.3. The maximum absolute atomic E-state index is 13.1. The van der Waals surface area contributed by atoms with Crippen LogP contribution in [0, 0.1) is 22.7 Å². The lowest BCUT2D eigenvalue weighted by atomic mass is 9.72. The molecule has 0 aromatic carbocycles. The number of hydrogen-bond donors (Lipinski definition) is 0. The van der Waals surface area contributed by atoms with Crippen molar-refractivity contribution in [2.75, 3.05) is 0 Å². The maximum atomic E-state index is 13.1. The number of nitrogens with zero attached hydrogens (tertiary/aromatic N) is 2. The monoisotopic (exact) mass is 446 g/mol. The maximum Gasteiger partial charge on any atom is 0.495 e. The predicted molar refractivity (Wildman–Crippen MR) is 117 cm³/mol. The van der Waals surface area contributed by atoms with Crippen molar-refractivity contribution < 1.29 is 21.6 Å². The second-order valence-corrected chi connectivity index (χ2v) is 15.7. The van der Waals surface area contributed by atoms with E-state index in [2.05, 4.69) is 46.3 Å². The fourth-order valence-electron chi connectivity index (χ4n) is 5.04. The summed E-state index contributed by atoms with van der Waals surface area (Å²) in [5.41, 5.74) is 9.65. The molecule has 2 rings (SSSR count). The van der Waals surface area contributed by atoms with Gasteiger partial charge in [-0.05, 0) is 74.0 Å². The van der Waals surface area contributed by atoms with Gasteiger partial charge in [0.25, 0.3) is 19.7 Å². The van der Waals surface area contributed by atoms with Gasteiger partial charge in [0, 0.05) is 0 Å². The van der Waals surface area contributed by atoms with Gasteiger partial charge in [-0.2, -0.15) is 0 Å². The molecule has 8 heteroatoms. The van der Waals surface area contributed by atoms with E-state index in [-0.39, 0.29) is 10.8 Å². The Morgan fingerprint density at radius 3 is 1.14 bits per heavy atom. The molecule has 0 unspecified atom stereocenters. The second-order valence-electron chi connectivity index (χ2n) is 11.1. The Balaban J connectivity index is 2.17. The van der Waals surface area contributed by atoms with Gasteiger partial charge in [-0.25, -0.2) is 16.8 Å². The molecule has 0 amide bonds. The Hall–Kier alpha value is -0.720. The van der Waals surface area contributed by atoms with Gasteiger partial charge in [-0.3, -0.25) is 0 Å². The molecule has 0 aromatic rings. The first-order valence-electron chi connectivity index (χ1n) is 10.8. The quantitative estimate of drug-likeness (QED) is 0.267. The molecule has 0 bridgehead atoms. The van der Waals surface area contributed by atoms with Gasteiger partial charge in [0.1, 0.15) is 0 Å². The molecular weight excluding hydrogens is 408 g/mol. The Labute approximate surface area is 177 Å². The van der Waals surface area contributed by atoms with Crippen molar-refractivity contribution in [3.05, 3.63) is 5.53 Å². The van der Waals surface area contributed by atoms with Crippen LogP contribution in [0.3, 0.4) is 0 Å². The third-order valence-electron chi connectivity index (χ3n) is 7.24. The van der Waals surface area contributed by atoms with Crippen LogP contribution < -0.4 is 0 Å². The predicted octanol–water partition coefficient (Wildman–Crippen LogP) is 4.61. The minimum atomic E-state index is -4.18. The Kier molecular flexibility index (Phi) is 7.13. The third-order valence-corrected chi connectivity index (χ3v) is 12.5. The van der Waals surface area contributed by atoms with Crippen LogP contribution in [0.25, 0.3) is 5.53 Å². The summed E-state index contributed by atoms with van der Waals surface area (Å²) in [6.07, 6.45) is 4.60. The van der Waals surface area contributed by atoms with Crippen LogP contribution in [-0.2, 0) is 19.7 Å². The van der Waals surface area contributed by atoms with E-state index in [4.69, 9.17) is 0 Å². The molecule has 2 aliphatic carbocycles. The summed E-state index contributed by atoms with van der Waals surface area (Å²) >= 11 is 0. The number of rotatable bonds is 2. The van der Waals surface area contributed by atoms with Crippen LogP contribution in [0.2, 0.25) is 0 Å². The van der Waals surface area contributed by atoms with E-state index in [1.54, 1.807) is 0 Å². The number of sulfone groups is 2. The van der Waals surface area contributed by atoms with E-state index in [1.807, 2.05) is 0 Å². The van der Waals surface area contributed by atoms with Gasteiger partial charge in [0.2, 0.25) is 0 Å².